The molecule has 7 heteroatoms. The third kappa shape index (κ3) is 4.25. The molecule has 0 fully saturated rings. The first-order valence-electron chi connectivity index (χ1n) is 8.99. The fourth-order valence-electron chi connectivity index (χ4n) is 3.12. The van der Waals surface area contributed by atoms with Gasteiger partial charge in [-0.15, -0.1) is 0 Å². The quantitative estimate of drug-likeness (QED) is 0.694. The first-order valence-corrected chi connectivity index (χ1v) is 9.78. The van der Waals surface area contributed by atoms with Gasteiger partial charge in [0, 0.05) is 22.2 Å². The molecule has 6 nitrogen and oxygen atoms in total. The average Bonchev–Trinajstić information content (AvgIpc) is 2.85. The molecule has 0 atom stereocenters. The lowest BCUT2D eigenvalue weighted by molar-refractivity contribution is 0.0507. The molecular weight excluding hydrogens is 422 g/mol. The number of hydrogen-bond donors (Lipinski definition) is 2. The van der Waals surface area contributed by atoms with Gasteiger partial charge in [-0.25, -0.2) is 4.79 Å². The van der Waals surface area contributed by atoms with E-state index >= 15 is 0 Å². The number of imide groups is 1. The maximum absolute atomic E-state index is 12.6. The molecule has 0 aromatic heterocycles. The summed E-state index contributed by atoms with van der Waals surface area (Å²) in [6.45, 7) is 5.91. The maximum Gasteiger partial charge on any atom is 0.319 e. The Morgan fingerprint density at radius 2 is 1.75 bits per heavy atom. The summed E-state index contributed by atoms with van der Waals surface area (Å²) in [6, 6.07) is 12.3. The number of anilines is 1. The zero-order valence-electron chi connectivity index (χ0n) is 16.0. The number of benzene rings is 2. The number of urea groups is 1. The van der Waals surface area contributed by atoms with Crippen LogP contribution in [0.4, 0.5) is 10.5 Å². The van der Waals surface area contributed by atoms with Crippen molar-refractivity contribution < 1.29 is 14.4 Å². The molecule has 1 aliphatic heterocycles. The fourth-order valence-corrected chi connectivity index (χ4v) is 3.56. The second-order valence-electron chi connectivity index (χ2n) is 7.64. The van der Waals surface area contributed by atoms with E-state index < -0.39 is 5.54 Å². The number of nitrogens with one attached hydrogen (secondary N) is 2. The van der Waals surface area contributed by atoms with Gasteiger partial charge in [-0.3, -0.25) is 14.5 Å². The Morgan fingerprint density at radius 3 is 2.43 bits per heavy atom. The molecule has 0 saturated carbocycles. The molecule has 0 unspecified atom stereocenters. The van der Waals surface area contributed by atoms with E-state index in [1.807, 2.05) is 45.0 Å². The lowest BCUT2D eigenvalue weighted by Gasteiger charge is -2.29. The van der Waals surface area contributed by atoms with E-state index in [2.05, 4.69) is 26.6 Å². The van der Waals surface area contributed by atoms with E-state index in [1.165, 1.54) is 4.90 Å². The Hall–Kier alpha value is -2.67. The average molecular weight is 444 g/mol. The molecule has 0 spiro atoms. The van der Waals surface area contributed by atoms with Gasteiger partial charge in [-0.2, -0.15) is 0 Å². The minimum atomic E-state index is -0.607. The van der Waals surface area contributed by atoms with Crippen LogP contribution in [0, 0.1) is 0 Å². The van der Waals surface area contributed by atoms with Gasteiger partial charge in [0.2, 0.25) is 0 Å². The maximum atomic E-state index is 12.6. The molecule has 0 saturated heterocycles. The van der Waals surface area contributed by atoms with Crippen LogP contribution in [0.5, 0.6) is 0 Å². The minimum Gasteiger partial charge on any atom is -0.338 e. The van der Waals surface area contributed by atoms with E-state index in [1.54, 1.807) is 18.2 Å². The number of carbonyl (C=O) groups excluding carboxylic acids is 3. The Balaban J connectivity index is 1.62. The fraction of sp³-hybridized carbons (Fsp3) is 0.286. The largest absolute Gasteiger partial charge is 0.338 e. The van der Waals surface area contributed by atoms with Crippen LogP contribution in [0.3, 0.4) is 0 Å². The van der Waals surface area contributed by atoms with Gasteiger partial charge in [0.1, 0.15) is 0 Å². The zero-order valence-corrected chi connectivity index (χ0v) is 17.6. The van der Waals surface area contributed by atoms with Crippen LogP contribution >= 0.6 is 15.9 Å². The van der Waals surface area contributed by atoms with E-state index in [9.17, 15) is 14.4 Å². The molecule has 3 rings (SSSR count). The lowest BCUT2D eigenvalue weighted by atomic mass is 10.1. The van der Waals surface area contributed by atoms with Crippen molar-refractivity contribution in [1.29, 1.82) is 0 Å². The van der Waals surface area contributed by atoms with Crippen molar-refractivity contribution in [3.63, 3.8) is 0 Å². The van der Waals surface area contributed by atoms with Crippen LogP contribution in [-0.4, -0.2) is 34.8 Å². The summed E-state index contributed by atoms with van der Waals surface area (Å²) in [5.41, 5.74) is 1.64. The standard InChI is InChI=1S/C21H22BrN3O3/c1-21(2,3)25-18(26)16-8-7-15(12-17(16)19(25)27)24-20(28)23-10-9-13-5-4-6-14(22)11-13/h4-8,11-12H,9-10H2,1-3H3,(H2,23,24,28). The normalized spacial score (nSPS) is 13.5. The number of hydrogen-bond acceptors (Lipinski definition) is 3. The van der Waals surface area contributed by atoms with Gasteiger partial charge in [0.15, 0.2) is 0 Å². The molecule has 0 radical (unpaired) electrons. The molecule has 0 bridgehead atoms. The number of nitrogens with zero attached hydrogens (tertiary/aromatic N) is 1. The van der Waals surface area contributed by atoms with Gasteiger partial charge in [0.25, 0.3) is 11.8 Å². The predicted octanol–water partition coefficient (Wildman–Crippen LogP) is 4.21. The van der Waals surface area contributed by atoms with Crippen LogP contribution in [0.15, 0.2) is 46.9 Å². The van der Waals surface area contributed by atoms with Crippen LogP contribution in [0.2, 0.25) is 0 Å². The topological polar surface area (TPSA) is 78.5 Å². The molecular formula is C21H22BrN3O3. The molecule has 146 valence electrons. The van der Waals surface area contributed by atoms with Crippen LogP contribution < -0.4 is 10.6 Å². The highest BCUT2D eigenvalue weighted by atomic mass is 79.9. The smallest absolute Gasteiger partial charge is 0.319 e. The number of amides is 4. The molecule has 28 heavy (non-hydrogen) atoms. The monoisotopic (exact) mass is 443 g/mol. The molecule has 4 amide bonds. The lowest BCUT2D eigenvalue weighted by Crippen LogP contribution is -2.45. The van der Waals surface area contributed by atoms with Gasteiger partial charge in [0.05, 0.1) is 11.1 Å². The Bertz CT molecular complexity index is 950. The summed E-state index contributed by atoms with van der Waals surface area (Å²) >= 11 is 3.42. The first-order chi connectivity index (χ1) is 13.2. The SMILES string of the molecule is CC(C)(C)N1C(=O)c2ccc(NC(=O)NCCc3cccc(Br)c3)cc2C1=O. The van der Waals surface area contributed by atoms with Crippen molar-refractivity contribution in [3.05, 3.63) is 63.6 Å². The van der Waals surface area contributed by atoms with E-state index in [0.29, 0.717) is 29.8 Å². The summed E-state index contributed by atoms with van der Waals surface area (Å²) in [7, 11) is 0. The molecule has 2 aromatic rings. The summed E-state index contributed by atoms with van der Waals surface area (Å²) in [5.74, 6) is -0.649. The molecule has 1 heterocycles. The third-order valence-electron chi connectivity index (χ3n) is 4.40. The van der Waals surface area contributed by atoms with Gasteiger partial charge < -0.3 is 10.6 Å². The predicted molar refractivity (Wildman–Crippen MR) is 112 cm³/mol. The highest BCUT2D eigenvalue weighted by Crippen LogP contribution is 2.30. The van der Waals surface area contributed by atoms with Crippen LogP contribution in [0.25, 0.3) is 0 Å². The summed E-state index contributed by atoms with van der Waals surface area (Å²) in [6.07, 6.45) is 0.699. The Kier molecular flexibility index (Phi) is 5.56. The molecule has 2 aromatic carbocycles. The van der Waals surface area contributed by atoms with Gasteiger partial charge in [-0.1, -0.05) is 28.1 Å². The van der Waals surface area contributed by atoms with Crippen LogP contribution in [0.1, 0.15) is 47.1 Å². The highest BCUT2D eigenvalue weighted by Gasteiger charge is 2.41. The van der Waals surface area contributed by atoms with Crippen molar-refractivity contribution in [1.82, 2.24) is 10.2 Å². The Labute approximate surface area is 172 Å². The van der Waals surface area contributed by atoms with E-state index in [4.69, 9.17) is 0 Å². The summed E-state index contributed by atoms with van der Waals surface area (Å²) in [4.78, 5) is 38.5. The number of rotatable bonds is 4. The molecule has 1 aliphatic rings. The van der Waals surface area contributed by atoms with Gasteiger partial charge in [-0.05, 0) is 63.1 Å². The van der Waals surface area contributed by atoms with Gasteiger partial charge >= 0.3 is 6.03 Å². The number of carbonyl (C=O) groups is 3. The second-order valence-corrected chi connectivity index (χ2v) is 8.55. The van der Waals surface area contributed by atoms with E-state index in [0.717, 1.165) is 10.0 Å². The van der Waals surface area contributed by atoms with Crippen molar-refractivity contribution >= 4 is 39.5 Å². The highest BCUT2D eigenvalue weighted by molar-refractivity contribution is 9.10. The molecule has 0 aliphatic carbocycles. The minimum absolute atomic E-state index is 0.308. The van der Waals surface area contributed by atoms with Crippen molar-refractivity contribution in [2.75, 3.05) is 11.9 Å². The number of fused-ring (bicyclic) bond motifs is 1. The Morgan fingerprint density at radius 1 is 1.04 bits per heavy atom. The zero-order chi connectivity index (χ0) is 20.5. The summed E-state index contributed by atoms with van der Waals surface area (Å²) in [5, 5.41) is 5.51. The second kappa shape index (κ2) is 7.75. The van der Waals surface area contributed by atoms with Crippen molar-refractivity contribution in [2.45, 2.75) is 32.7 Å². The van der Waals surface area contributed by atoms with E-state index in [-0.39, 0.29) is 17.8 Å². The number of halogens is 1. The summed E-state index contributed by atoms with van der Waals surface area (Å²) < 4.78 is 0.996. The van der Waals surface area contributed by atoms with Crippen molar-refractivity contribution in [2.24, 2.45) is 0 Å². The third-order valence-corrected chi connectivity index (χ3v) is 4.90. The van der Waals surface area contributed by atoms with Crippen molar-refractivity contribution in [3.8, 4) is 0 Å². The van der Waals surface area contributed by atoms with Crippen LogP contribution in [-0.2, 0) is 6.42 Å². The first kappa shape index (κ1) is 20.1. The molecule has 2 N–H and O–H groups in total.